The molecule has 19 heavy (non-hydrogen) atoms. The summed E-state index contributed by atoms with van der Waals surface area (Å²) in [6, 6.07) is 2.72. The summed E-state index contributed by atoms with van der Waals surface area (Å²) in [5.41, 5.74) is 6.08. The summed E-state index contributed by atoms with van der Waals surface area (Å²) in [7, 11) is -3.66. The van der Waals surface area contributed by atoms with E-state index < -0.39 is 10.0 Å². The molecule has 4 nitrogen and oxygen atoms in total. The number of hydrogen-bond donors (Lipinski definition) is 2. The first-order valence-corrected chi connectivity index (χ1v) is 8.29. The van der Waals surface area contributed by atoms with Gasteiger partial charge >= 0.3 is 0 Å². The largest absolute Gasteiger partial charge is 0.326 e. The Morgan fingerprint density at radius 3 is 2.26 bits per heavy atom. The minimum Gasteiger partial charge on any atom is -0.326 e. The van der Waals surface area contributed by atoms with Gasteiger partial charge in [-0.3, -0.25) is 0 Å². The Morgan fingerprint density at radius 2 is 1.79 bits per heavy atom. The van der Waals surface area contributed by atoms with Gasteiger partial charge in [-0.25, -0.2) is 13.1 Å². The van der Waals surface area contributed by atoms with E-state index in [9.17, 15) is 8.42 Å². The van der Waals surface area contributed by atoms with Crippen molar-refractivity contribution in [3.8, 4) is 0 Å². The quantitative estimate of drug-likeness (QED) is 0.845. The van der Waals surface area contributed by atoms with E-state index >= 15 is 0 Å². The van der Waals surface area contributed by atoms with Crippen LogP contribution in [0, 0.1) is 0 Å². The van der Waals surface area contributed by atoms with Gasteiger partial charge in [-0.1, -0.05) is 37.0 Å². The lowest BCUT2D eigenvalue weighted by atomic mass is 10.2. The highest BCUT2D eigenvalue weighted by Gasteiger charge is 2.22. The van der Waals surface area contributed by atoms with Crippen LogP contribution >= 0.6 is 23.2 Å². The van der Waals surface area contributed by atoms with Gasteiger partial charge in [0.25, 0.3) is 0 Å². The topological polar surface area (TPSA) is 72.2 Å². The molecule has 108 valence electrons. The first-order chi connectivity index (χ1) is 8.85. The summed E-state index contributed by atoms with van der Waals surface area (Å²) in [6.07, 6.45) is 1.43. The smallest absolute Gasteiger partial charge is 0.242 e. The Bertz CT molecular complexity index is 543. The maximum absolute atomic E-state index is 12.3. The van der Waals surface area contributed by atoms with Crippen LogP contribution in [0.1, 0.15) is 32.3 Å². The van der Waals surface area contributed by atoms with Crippen molar-refractivity contribution in [3.63, 3.8) is 0 Å². The van der Waals surface area contributed by atoms with Gasteiger partial charge in [0.2, 0.25) is 10.0 Å². The monoisotopic (exact) mass is 324 g/mol. The molecule has 7 heteroatoms. The van der Waals surface area contributed by atoms with Crippen LogP contribution in [0.5, 0.6) is 0 Å². The molecule has 0 radical (unpaired) electrons. The average Bonchev–Trinajstić information content (AvgIpc) is 2.35. The zero-order chi connectivity index (χ0) is 14.6. The molecule has 0 fully saturated rings. The molecule has 0 aliphatic rings. The van der Waals surface area contributed by atoms with Crippen molar-refractivity contribution < 1.29 is 8.42 Å². The predicted molar refractivity (Wildman–Crippen MR) is 79.0 cm³/mol. The third-order valence-electron chi connectivity index (χ3n) is 2.92. The maximum Gasteiger partial charge on any atom is 0.242 e. The fourth-order valence-electron chi connectivity index (χ4n) is 1.67. The minimum absolute atomic E-state index is 0.0194. The molecule has 3 N–H and O–H groups in total. The van der Waals surface area contributed by atoms with E-state index in [2.05, 4.69) is 4.72 Å². The lowest BCUT2D eigenvalue weighted by Gasteiger charge is -2.16. The predicted octanol–water partition coefficient (Wildman–Crippen LogP) is 2.92. The first kappa shape index (κ1) is 16.7. The molecular weight excluding hydrogens is 307 g/mol. The second-order valence-corrected chi connectivity index (χ2v) is 6.71. The third kappa shape index (κ3) is 4.07. The van der Waals surface area contributed by atoms with Crippen LogP contribution < -0.4 is 10.5 Å². The SMILES string of the molecule is CCC(CC)NS(=O)(=O)c1cc(CN)c(Cl)cc1Cl. The Morgan fingerprint density at radius 1 is 1.21 bits per heavy atom. The van der Waals surface area contributed by atoms with Crippen molar-refractivity contribution in [1.82, 2.24) is 4.72 Å². The molecule has 0 unspecified atom stereocenters. The zero-order valence-electron chi connectivity index (χ0n) is 10.9. The second-order valence-electron chi connectivity index (χ2n) is 4.21. The van der Waals surface area contributed by atoms with Crippen LogP contribution in [-0.4, -0.2) is 14.5 Å². The standard InChI is InChI=1S/C12H18Cl2N2O2S/c1-3-9(4-2)16-19(17,18)12-5-8(7-15)10(13)6-11(12)14/h5-6,9,16H,3-4,7,15H2,1-2H3. The van der Waals surface area contributed by atoms with Crippen molar-refractivity contribution in [2.24, 2.45) is 5.73 Å². The highest BCUT2D eigenvalue weighted by molar-refractivity contribution is 7.89. The zero-order valence-corrected chi connectivity index (χ0v) is 13.2. The Labute approximate surface area is 124 Å². The molecule has 0 saturated heterocycles. The van der Waals surface area contributed by atoms with Crippen molar-refractivity contribution in [2.45, 2.75) is 44.2 Å². The third-order valence-corrected chi connectivity index (χ3v) is 5.25. The summed E-state index contributed by atoms with van der Waals surface area (Å²) in [5, 5.41) is 0.467. The molecule has 1 aromatic carbocycles. The molecule has 0 aliphatic heterocycles. The van der Waals surface area contributed by atoms with E-state index in [1.807, 2.05) is 13.8 Å². The van der Waals surface area contributed by atoms with E-state index in [4.69, 9.17) is 28.9 Å². The molecule has 0 saturated carbocycles. The molecule has 0 amide bonds. The fraction of sp³-hybridized carbons (Fsp3) is 0.500. The van der Waals surface area contributed by atoms with E-state index in [1.165, 1.54) is 12.1 Å². The van der Waals surface area contributed by atoms with Crippen molar-refractivity contribution >= 4 is 33.2 Å². The van der Waals surface area contributed by atoms with Gasteiger partial charge in [0.05, 0.1) is 5.02 Å². The summed E-state index contributed by atoms with van der Waals surface area (Å²) >= 11 is 11.9. The van der Waals surface area contributed by atoms with Crippen LogP contribution in [0.3, 0.4) is 0 Å². The van der Waals surface area contributed by atoms with Crippen molar-refractivity contribution in [1.29, 1.82) is 0 Å². The number of rotatable bonds is 6. The van der Waals surface area contributed by atoms with Gasteiger partial charge in [-0.15, -0.1) is 0 Å². The molecule has 1 rings (SSSR count). The lowest BCUT2D eigenvalue weighted by Crippen LogP contribution is -2.34. The first-order valence-electron chi connectivity index (χ1n) is 6.06. The maximum atomic E-state index is 12.3. The summed E-state index contributed by atoms with van der Waals surface area (Å²) in [5.74, 6) is 0. The van der Waals surface area contributed by atoms with Crippen molar-refractivity contribution in [2.75, 3.05) is 0 Å². The van der Waals surface area contributed by atoms with Crippen LogP contribution in [0.4, 0.5) is 0 Å². The van der Waals surface area contributed by atoms with Gasteiger partial charge in [-0.05, 0) is 30.5 Å². The van der Waals surface area contributed by atoms with Gasteiger partial charge in [-0.2, -0.15) is 0 Å². The minimum atomic E-state index is -3.66. The Hall–Kier alpha value is -0.330. The number of nitrogens with two attached hydrogens (primary N) is 1. The molecule has 0 aromatic heterocycles. The molecule has 0 bridgehead atoms. The van der Waals surface area contributed by atoms with E-state index in [0.29, 0.717) is 23.4 Å². The summed E-state index contributed by atoms with van der Waals surface area (Å²) in [6.45, 7) is 4.00. The van der Waals surface area contributed by atoms with Gasteiger partial charge < -0.3 is 5.73 Å². The van der Waals surface area contributed by atoms with Crippen LogP contribution in [0.25, 0.3) is 0 Å². The van der Waals surface area contributed by atoms with Gasteiger partial charge in [0.15, 0.2) is 0 Å². The number of benzene rings is 1. The summed E-state index contributed by atoms with van der Waals surface area (Å²) in [4.78, 5) is 0.0194. The van der Waals surface area contributed by atoms with Crippen LogP contribution in [0.2, 0.25) is 10.0 Å². The van der Waals surface area contributed by atoms with E-state index in [-0.39, 0.29) is 22.5 Å². The average molecular weight is 325 g/mol. The summed E-state index contributed by atoms with van der Waals surface area (Å²) < 4.78 is 27.2. The molecule has 1 aromatic rings. The fourth-order valence-corrected chi connectivity index (χ4v) is 3.95. The van der Waals surface area contributed by atoms with Gasteiger partial charge in [0, 0.05) is 17.6 Å². The van der Waals surface area contributed by atoms with E-state index in [0.717, 1.165) is 0 Å². The highest BCUT2D eigenvalue weighted by atomic mass is 35.5. The Balaban J connectivity index is 3.21. The lowest BCUT2D eigenvalue weighted by molar-refractivity contribution is 0.530. The molecule has 0 aliphatic carbocycles. The number of nitrogens with one attached hydrogen (secondary N) is 1. The molecule has 0 spiro atoms. The van der Waals surface area contributed by atoms with Crippen LogP contribution in [-0.2, 0) is 16.6 Å². The molecular formula is C12H18Cl2N2O2S. The normalized spacial score (nSPS) is 12.1. The highest BCUT2D eigenvalue weighted by Crippen LogP contribution is 2.28. The second kappa shape index (κ2) is 6.90. The number of halogens is 2. The molecule has 0 heterocycles. The number of hydrogen-bond acceptors (Lipinski definition) is 3. The Kier molecular flexibility index (Phi) is 6.08. The van der Waals surface area contributed by atoms with Crippen LogP contribution in [0.15, 0.2) is 17.0 Å². The number of sulfonamides is 1. The van der Waals surface area contributed by atoms with E-state index in [1.54, 1.807) is 0 Å². The van der Waals surface area contributed by atoms with Gasteiger partial charge in [0.1, 0.15) is 4.90 Å². The molecule has 0 atom stereocenters. The van der Waals surface area contributed by atoms with Crippen molar-refractivity contribution in [3.05, 3.63) is 27.7 Å².